The Balaban J connectivity index is 3.54. The van der Waals surface area contributed by atoms with Crippen LogP contribution in [0.3, 0.4) is 0 Å². The van der Waals surface area contributed by atoms with Crippen molar-refractivity contribution >= 4 is 13.8 Å². The number of ether oxygens (including phenoxy) is 1. The van der Waals surface area contributed by atoms with E-state index in [0.717, 1.165) is 25.7 Å². The van der Waals surface area contributed by atoms with Gasteiger partial charge in [-0.3, -0.25) is 13.8 Å². The van der Waals surface area contributed by atoms with E-state index < -0.39 is 7.82 Å². The Morgan fingerprint density at radius 3 is 2.36 bits per heavy atom. The van der Waals surface area contributed by atoms with Crippen LogP contribution in [0.2, 0.25) is 0 Å². The van der Waals surface area contributed by atoms with E-state index in [1.54, 1.807) is 0 Å². The molecule has 0 aromatic heterocycles. The SMILES string of the molecule is CCCCCCC(=O)OCCCOP(=O)(O)OCCN(C)C. The molecular weight excluding hydrogens is 309 g/mol. The highest BCUT2D eigenvalue weighted by molar-refractivity contribution is 7.47. The van der Waals surface area contributed by atoms with Crippen LogP contribution in [0.4, 0.5) is 0 Å². The van der Waals surface area contributed by atoms with Gasteiger partial charge in [-0.05, 0) is 20.5 Å². The van der Waals surface area contributed by atoms with Crippen molar-refractivity contribution in [1.82, 2.24) is 4.90 Å². The second kappa shape index (κ2) is 13.0. The fraction of sp³-hybridized carbons (Fsp3) is 0.929. The Kier molecular flexibility index (Phi) is 12.8. The zero-order chi connectivity index (χ0) is 16.8. The molecule has 1 N–H and O–H groups in total. The summed E-state index contributed by atoms with van der Waals surface area (Å²) in [7, 11) is -0.332. The molecule has 0 rings (SSSR count). The highest BCUT2D eigenvalue weighted by Gasteiger charge is 2.20. The van der Waals surface area contributed by atoms with Crippen LogP contribution in [-0.2, 0) is 23.1 Å². The largest absolute Gasteiger partial charge is 0.472 e. The number of nitrogens with zero attached hydrogens (tertiary/aromatic N) is 1. The van der Waals surface area contributed by atoms with Crippen LogP contribution in [0.5, 0.6) is 0 Å². The van der Waals surface area contributed by atoms with Crippen LogP contribution in [0, 0.1) is 0 Å². The summed E-state index contributed by atoms with van der Waals surface area (Å²) >= 11 is 0. The van der Waals surface area contributed by atoms with Crippen LogP contribution >= 0.6 is 7.82 Å². The summed E-state index contributed by atoms with van der Waals surface area (Å²) in [5.74, 6) is -0.231. The van der Waals surface area contributed by atoms with Crippen molar-refractivity contribution in [2.24, 2.45) is 0 Å². The van der Waals surface area contributed by atoms with Crippen LogP contribution in [0.25, 0.3) is 0 Å². The van der Waals surface area contributed by atoms with Gasteiger partial charge in [0.15, 0.2) is 0 Å². The molecule has 0 aliphatic heterocycles. The highest BCUT2D eigenvalue weighted by Crippen LogP contribution is 2.42. The molecule has 132 valence electrons. The Morgan fingerprint density at radius 1 is 1.05 bits per heavy atom. The zero-order valence-corrected chi connectivity index (χ0v) is 14.8. The van der Waals surface area contributed by atoms with E-state index >= 15 is 0 Å². The van der Waals surface area contributed by atoms with Gasteiger partial charge in [-0.2, -0.15) is 0 Å². The first kappa shape index (κ1) is 21.5. The molecule has 22 heavy (non-hydrogen) atoms. The van der Waals surface area contributed by atoms with Crippen molar-refractivity contribution in [1.29, 1.82) is 0 Å². The minimum atomic E-state index is -4.01. The minimum absolute atomic E-state index is 0.0128. The number of rotatable bonds is 14. The molecule has 1 atom stereocenters. The predicted molar refractivity (Wildman–Crippen MR) is 84.6 cm³/mol. The average molecular weight is 339 g/mol. The van der Waals surface area contributed by atoms with Crippen molar-refractivity contribution in [3.05, 3.63) is 0 Å². The number of phosphoric ester groups is 1. The number of esters is 1. The number of carbonyl (C=O) groups is 1. The quantitative estimate of drug-likeness (QED) is 0.296. The lowest BCUT2D eigenvalue weighted by Crippen LogP contribution is -2.17. The van der Waals surface area contributed by atoms with Gasteiger partial charge in [0, 0.05) is 19.4 Å². The zero-order valence-electron chi connectivity index (χ0n) is 14.0. The lowest BCUT2D eigenvalue weighted by molar-refractivity contribution is -0.144. The van der Waals surface area contributed by atoms with Crippen molar-refractivity contribution in [3.63, 3.8) is 0 Å². The van der Waals surface area contributed by atoms with Gasteiger partial charge in [-0.25, -0.2) is 4.57 Å². The number of unbranched alkanes of at least 4 members (excludes halogenated alkanes) is 3. The Hall–Kier alpha value is -0.460. The Labute approximate surface area is 133 Å². The van der Waals surface area contributed by atoms with Gasteiger partial charge < -0.3 is 14.5 Å². The van der Waals surface area contributed by atoms with Crippen molar-refractivity contribution in [2.45, 2.75) is 45.4 Å². The van der Waals surface area contributed by atoms with E-state index in [1.807, 2.05) is 19.0 Å². The summed E-state index contributed by atoms with van der Waals surface area (Å²) in [4.78, 5) is 22.6. The Bertz CT molecular complexity index is 337. The van der Waals surface area contributed by atoms with Gasteiger partial charge in [0.1, 0.15) is 0 Å². The maximum absolute atomic E-state index is 11.5. The molecule has 0 heterocycles. The molecule has 0 radical (unpaired) electrons. The fourth-order valence-corrected chi connectivity index (χ4v) is 2.32. The van der Waals surface area contributed by atoms with Crippen molar-refractivity contribution < 1.29 is 28.0 Å². The third-order valence-corrected chi connectivity index (χ3v) is 3.85. The first-order valence-electron chi connectivity index (χ1n) is 7.79. The molecule has 8 heteroatoms. The van der Waals surface area contributed by atoms with Crippen LogP contribution < -0.4 is 0 Å². The third-order valence-electron chi connectivity index (χ3n) is 2.83. The fourth-order valence-electron chi connectivity index (χ4n) is 1.57. The molecule has 0 fully saturated rings. The van der Waals surface area contributed by atoms with E-state index in [9.17, 15) is 14.3 Å². The summed E-state index contributed by atoms with van der Waals surface area (Å²) in [6, 6.07) is 0. The lowest BCUT2D eigenvalue weighted by atomic mass is 10.2. The number of hydrogen-bond donors (Lipinski definition) is 1. The molecule has 0 bridgehead atoms. The number of hydrogen-bond acceptors (Lipinski definition) is 6. The van der Waals surface area contributed by atoms with Crippen LogP contribution in [0.15, 0.2) is 0 Å². The standard InChI is InChI=1S/C14H30NO6P/c1-4-5-6-7-9-14(16)19-11-8-12-20-22(17,18)21-13-10-15(2)3/h4-13H2,1-3H3,(H,17,18). The second-order valence-electron chi connectivity index (χ2n) is 5.32. The number of carbonyl (C=O) groups excluding carboxylic acids is 1. The van der Waals surface area contributed by atoms with E-state index in [0.29, 0.717) is 19.4 Å². The third kappa shape index (κ3) is 14.5. The molecule has 0 saturated carbocycles. The molecule has 7 nitrogen and oxygen atoms in total. The van der Waals surface area contributed by atoms with E-state index in [4.69, 9.17) is 13.8 Å². The minimum Gasteiger partial charge on any atom is -0.466 e. The molecule has 0 saturated heterocycles. The van der Waals surface area contributed by atoms with Gasteiger partial charge in [-0.1, -0.05) is 26.2 Å². The molecule has 0 amide bonds. The number of phosphoric acid groups is 1. The molecule has 0 spiro atoms. The van der Waals surface area contributed by atoms with Crippen molar-refractivity contribution in [3.8, 4) is 0 Å². The maximum atomic E-state index is 11.5. The van der Waals surface area contributed by atoms with Crippen LogP contribution in [0.1, 0.15) is 45.4 Å². The Morgan fingerprint density at radius 2 is 1.73 bits per heavy atom. The van der Waals surface area contributed by atoms with Gasteiger partial charge in [-0.15, -0.1) is 0 Å². The summed E-state index contributed by atoms with van der Waals surface area (Å²) in [5, 5.41) is 0. The predicted octanol–water partition coefficient (Wildman–Crippen LogP) is 2.59. The van der Waals surface area contributed by atoms with Crippen LogP contribution in [-0.4, -0.2) is 56.2 Å². The first-order chi connectivity index (χ1) is 10.4. The normalized spacial score (nSPS) is 14.0. The summed E-state index contributed by atoms with van der Waals surface area (Å²) < 4.78 is 26.1. The number of likely N-dealkylation sites (N-methyl/N-ethyl adjacent to an activating group) is 1. The average Bonchev–Trinajstić information content (AvgIpc) is 2.42. The van der Waals surface area contributed by atoms with E-state index in [-0.39, 0.29) is 25.8 Å². The molecule has 0 aromatic rings. The molecule has 1 unspecified atom stereocenters. The molecule has 0 aliphatic carbocycles. The van der Waals surface area contributed by atoms with Gasteiger partial charge in [0.25, 0.3) is 0 Å². The summed E-state index contributed by atoms with van der Waals surface area (Å²) in [5.41, 5.74) is 0. The second-order valence-corrected chi connectivity index (χ2v) is 6.78. The van der Waals surface area contributed by atoms with Gasteiger partial charge >= 0.3 is 13.8 Å². The lowest BCUT2D eigenvalue weighted by Gasteiger charge is -2.14. The van der Waals surface area contributed by atoms with E-state index in [2.05, 4.69) is 6.92 Å². The topological polar surface area (TPSA) is 85.3 Å². The molecule has 0 aromatic carbocycles. The molecule has 0 aliphatic rings. The van der Waals surface area contributed by atoms with Crippen molar-refractivity contribution in [2.75, 3.05) is 40.5 Å². The summed E-state index contributed by atoms with van der Waals surface area (Å²) in [6.07, 6.45) is 4.92. The highest BCUT2D eigenvalue weighted by atomic mass is 31.2. The molecular formula is C14H30NO6P. The maximum Gasteiger partial charge on any atom is 0.472 e. The smallest absolute Gasteiger partial charge is 0.466 e. The first-order valence-corrected chi connectivity index (χ1v) is 9.29. The van der Waals surface area contributed by atoms with Gasteiger partial charge in [0.2, 0.25) is 0 Å². The van der Waals surface area contributed by atoms with Gasteiger partial charge in [0.05, 0.1) is 19.8 Å². The summed E-state index contributed by atoms with van der Waals surface area (Å²) in [6.45, 7) is 2.96. The van der Waals surface area contributed by atoms with E-state index in [1.165, 1.54) is 0 Å². The monoisotopic (exact) mass is 339 g/mol.